The van der Waals surface area contributed by atoms with Crippen molar-refractivity contribution in [2.75, 3.05) is 11.9 Å². The molecule has 0 saturated heterocycles. The molecule has 0 bridgehead atoms. The lowest BCUT2D eigenvalue weighted by molar-refractivity contribution is -0.119. The van der Waals surface area contributed by atoms with Gasteiger partial charge in [-0.05, 0) is 31.2 Å². The molecule has 1 N–H and O–H groups in total. The van der Waals surface area contributed by atoms with Crippen molar-refractivity contribution in [2.45, 2.75) is 6.92 Å². The molecule has 0 fully saturated rings. The fraction of sp³-hybridized carbons (Fsp3) is 0.133. The van der Waals surface area contributed by atoms with Gasteiger partial charge in [0.2, 0.25) is 0 Å². The van der Waals surface area contributed by atoms with Crippen molar-refractivity contribution in [1.29, 1.82) is 0 Å². The summed E-state index contributed by atoms with van der Waals surface area (Å²) in [7, 11) is 0. The maximum atomic E-state index is 11.9. The van der Waals surface area contributed by atoms with E-state index in [0.29, 0.717) is 16.5 Å². The molecular weight excluding hydrogens is 384 g/mol. The van der Waals surface area contributed by atoms with Gasteiger partial charge < -0.3 is 9.15 Å². The van der Waals surface area contributed by atoms with Crippen molar-refractivity contribution >= 4 is 54.5 Å². The third kappa shape index (κ3) is 3.59. The average Bonchev–Trinajstić information content (AvgIpc) is 3.10. The van der Waals surface area contributed by atoms with Crippen LogP contribution in [0.5, 0.6) is 0 Å². The van der Waals surface area contributed by atoms with Crippen LogP contribution >= 0.6 is 27.3 Å². The number of hydrogen-bond donors (Lipinski definition) is 1. The second-order valence-electron chi connectivity index (χ2n) is 4.65. The number of nitrogens with one attached hydrogen (secondary N) is 1. The molecule has 3 aromatic rings. The van der Waals surface area contributed by atoms with Crippen molar-refractivity contribution in [3.8, 4) is 0 Å². The van der Waals surface area contributed by atoms with Crippen molar-refractivity contribution in [2.24, 2.45) is 0 Å². The van der Waals surface area contributed by atoms with Crippen LogP contribution in [0, 0.1) is 6.92 Å². The second-order valence-corrected chi connectivity index (χ2v) is 6.59. The number of rotatable bonds is 4. The number of aryl methyl sites for hydroxylation is 1. The predicted molar refractivity (Wildman–Crippen MR) is 89.7 cm³/mol. The smallest absolute Gasteiger partial charge is 0.342 e. The Morgan fingerprint density at radius 2 is 2.22 bits per heavy atom. The predicted octanol–water partition coefficient (Wildman–Crippen LogP) is 3.76. The Hall–Kier alpha value is -2.19. The van der Waals surface area contributed by atoms with Crippen LogP contribution in [-0.4, -0.2) is 23.5 Å². The van der Waals surface area contributed by atoms with E-state index >= 15 is 0 Å². The number of amides is 1. The van der Waals surface area contributed by atoms with Crippen LogP contribution < -0.4 is 5.32 Å². The van der Waals surface area contributed by atoms with Crippen LogP contribution in [0.1, 0.15) is 16.1 Å². The molecule has 118 valence electrons. The maximum absolute atomic E-state index is 11.9. The van der Waals surface area contributed by atoms with E-state index in [0.717, 1.165) is 14.7 Å². The van der Waals surface area contributed by atoms with Gasteiger partial charge in [-0.25, -0.2) is 9.78 Å². The number of aromatic nitrogens is 1. The number of thiazole rings is 1. The Bertz CT molecular complexity index is 887. The van der Waals surface area contributed by atoms with Crippen LogP contribution in [0.2, 0.25) is 0 Å². The standard InChI is InChI=1S/C15H11BrN2O4S/c1-8-10(4-5-21-8)14(20)22-7-13(19)18-15-17-11-3-2-9(16)6-12(11)23-15/h2-6H,7H2,1H3,(H,17,18,19). The normalized spacial score (nSPS) is 10.7. The number of halogens is 1. The fourth-order valence-electron chi connectivity index (χ4n) is 1.91. The highest BCUT2D eigenvalue weighted by atomic mass is 79.9. The van der Waals surface area contributed by atoms with Gasteiger partial charge in [-0.2, -0.15) is 0 Å². The van der Waals surface area contributed by atoms with Gasteiger partial charge >= 0.3 is 5.97 Å². The Balaban J connectivity index is 1.60. The minimum absolute atomic E-state index is 0.308. The van der Waals surface area contributed by atoms with Gasteiger partial charge in [0, 0.05) is 4.47 Å². The number of carbonyl (C=O) groups excluding carboxylic acids is 2. The van der Waals surface area contributed by atoms with Crippen molar-refractivity contribution in [3.05, 3.63) is 46.3 Å². The minimum Gasteiger partial charge on any atom is -0.469 e. The Kier molecular flexibility index (Phi) is 4.44. The van der Waals surface area contributed by atoms with E-state index in [4.69, 9.17) is 9.15 Å². The highest BCUT2D eigenvalue weighted by Gasteiger charge is 2.15. The summed E-state index contributed by atoms with van der Waals surface area (Å²) in [6, 6.07) is 7.15. The van der Waals surface area contributed by atoms with Crippen LogP contribution in [0.25, 0.3) is 10.2 Å². The van der Waals surface area contributed by atoms with E-state index in [2.05, 4.69) is 26.2 Å². The van der Waals surface area contributed by atoms with Gasteiger partial charge in [0.25, 0.3) is 5.91 Å². The van der Waals surface area contributed by atoms with E-state index in [-0.39, 0.29) is 6.61 Å². The molecule has 0 spiro atoms. The van der Waals surface area contributed by atoms with E-state index in [1.54, 1.807) is 6.92 Å². The number of esters is 1. The molecule has 0 aliphatic heterocycles. The molecule has 8 heteroatoms. The van der Waals surface area contributed by atoms with E-state index in [9.17, 15) is 9.59 Å². The zero-order valence-corrected chi connectivity index (χ0v) is 14.4. The molecule has 0 saturated carbocycles. The maximum Gasteiger partial charge on any atom is 0.342 e. The van der Waals surface area contributed by atoms with Crippen LogP contribution in [0.4, 0.5) is 5.13 Å². The van der Waals surface area contributed by atoms with Crippen molar-refractivity contribution in [1.82, 2.24) is 4.98 Å². The minimum atomic E-state index is -0.598. The number of furan rings is 1. The van der Waals surface area contributed by atoms with Gasteiger partial charge in [-0.1, -0.05) is 27.3 Å². The Morgan fingerprint density at radius 3 is 2.96 bits per heavy atom. The van der Waals surface area contributed by atoms with Crippen LogP contribution in [0.15, 0.2) is 39.4 Å². The molecule has 23 heavy (non-hydrogen) atoms. The molecule has 2 heterocycles. The zero-order chi connectivity index (χ0) is 16.4. The number of nitrogens with zero attached hydrogens (tertiary/aromatic N) is 1. The van der Waals surface area contributed by atoms with Gasteiger partial charge in [0.05, 0.1) is 16.5 Å². The van der Waals surface area contributed by atoms with E-state index < -0.39 is 11.9 Å². The Morgan fingerprint density at radius 1 is 1.39 bits per heavy atom. The number of ether oxygens (including phenoxy) is 1. The fourth-order valence-corrected chi connectivity index (χ4v) is 3.35. The van der Waals surface area contributed by atoms with Crippen molar-refractivity contribution in [3.63, 3.8) is 0 Å². The molecule has 2 aromatic heterocycles. The highest BCUT2D eigenvalue weighted by Crippen LogP contribution is 2.28. The summed E-state index contributed by atoms with van der Waals surface area (Å²) in [4.78, 5) is 27.9. The quantitative estimate of drug-likeness (QED) is 0.681. The monoisotopic (exact) mass is 394 g/mol. The summed E-state index contributed by atoms with van der Waals surface area (Å²) < 4.78 is 11.9. The van der Waals surface area contributed by atoms with Gasteiger partial charge in [-0.3, -0.25) is 10.1 Å². The summed E-state index contributed by atoms with van der Waals surface area (Å²) in [6.45, 7) is 1.26. The molecule has 1 aromatic carbocycles. The number of fused-ring (bicyclic) bond motifs is 1. The summed E-state index contributed by atoms with van der Waals surface area (Å²) in [5.74, 6) is -0.593. The second kappa shape index (κ2) is 6.51. The lowest BCUT2D eigenvalue weighted by atomic mass is 10.3. The first kappa shape index (κ1) is 15.7. The third-order valence-corrected chi connectivity index (χ3v) is 4.44. The highest BCUT2D eigenvalue weighted by molar-refractivity contribution is 9.10. The molecular formula is C15H11BrN2O4S. The number of hydrogen-bond acceptors (Lipinski definition) is 6. The number of carbonyl (C=O) groups is 2. The third-order valence-electron chi connectivity index (χ3n) is 3.01. The SMILES string of the molecule is Cc1occc1C(=O)OCC(=O)Nc1nc2ccc(Br)cc2s1. The van der Waals surface area contributed by atoms with Crippen LogP contribution in [0.3, 0.4) is 0 Å². The summed E-state index contributed by atoms with van der Waals surface area (Å²) in [5, 5.41) is 3.08. The average molecular weight is 395 g/mol. The number of benzene rings is 1. The Labute approximate surface area is 143 Å². The molecule has 3 rings (SSSR count). The first-order valence-electron chi connectivity index (χ1n) is 6.60. The van der Waals surface area contributed by atoms with E-state index in [1.807, 2.05) is 18.2 Å². The van der Waals surface area contributed by atoms with E-state index in [1.165, 1.54) is 23.7 Å². The van der Waals surface area contributed by atoms with Crippen molar-refractivity contribution < 1.29 is 18.7 Å². The first-order chi connectivity index (χ1) is 11.0. The van der Waals surface area contributed by atoms with Gasteiger partial charge in [-0.15, -0.1) is 0 Å². The molecule has 0 aliphatic rings. The molecule has 0 unspecified atom stereocenters. The van der Waals surface area contributed by atoms with Gasteiger partial charge in [0.1, 0.15) is 11.3 Å². The molecule has 0 aliphatic carbocycles. The molecule has 0 radical (unpaired) electrons. The lowest BCUT2D eigenvalue weighted by Crippen LogP contribution is -2.20. The topological polar surface area (TPSA) is 81.4 Å². The summed E-state index contributed by atoms with van der Waals surface area (Å²) >= 11 is 4.73. The largest absolute Gasteiger partial charge is 0.469 e. The van der Waals surface area contributed by atoms with Gasteiger partial charge in [0.15, 0.2) is 11.7 Å². The lowest BCUT2D eigenvalue weighted by Gasteiger charge is -2.03. The summed E-state index contributed by atoms with van der Waals surface area (Å²) in [6.07, 6.45) is 1.39. The number of anilines is 1. The molecule has 6 nitrogen and oxygen atoms in total. The molecule has 0 atom stereocenters. The molecule has 1 amide bonds. The first-order valence-corrected chi connectivity index (χ1v) is 8.21. The zero-order valence-electron chi connectivity index (χ0n) is 12.0. The summed E-state index contributed by atoms with van der Waals surface area (Å²) in [5.41, 5.74) is 1.10. The van der Waals surface area contributed by atoms with Crippen LogP contribution in [-0.2, 0) is 9.53 Å².